The first-order valence-electron chi connectivity index (χ1n) is 3.85. The molecule has 0 N–H and O–H groups in total. The zero-order valence-corrected chi connectivity index (χ0v) is 5.97. The van der Waals surface area contributed by atoms with Gasteiger partial charge in [-0.1, -0.05) is 0 Å². The summed E-state index contributed by atoms with van der Waals surface area (Å²) in [7, 11) is 0. The third kappa shape index (κ3) is 0.741. The molecule has 54 valence electrons. The van der Waals surface area contributed by atoms with Crippen LogP contribution in [0.2, 0.25) is 0 Å². The number of nitrogens with zero attached hydrogens (tertiary/aromatic N) is 1. The lowest BCUT2D eigenvalue weighted by Gasteiger charge is -2.26. The van der Waals surface area contributed by atoms with Gasteiger partial charge in [-0.3, -0.25) is 0 Å². The van der Waals surface area contributed by atoms with Crippen LogP contribution in [0.25, 0.3) is 0 Å². The minimum atomic E-state index is 0.293. The predicted molar refractivity (Wildman–Crippen MR) is 36.2 cm³/mol. The molecule has 2 fully saturated rings. The van der Waals surface area contributed by atoms with Crippen molar-refractivity contribution in [2.45, 2.75) is 19.3 Å². The molecular weight excluding hydrogens is 126 g/mol. The zero-order valence-electron chi connectivity index (χ0n) is 5.97. The van der Waals surface area contributed by atoms with Gasteiger partial charge in [-0.2, -0.15) is 5.26 Å². The zero-order chi connectivity index (χ0) is 7.03. The molecule has 2 aliphatic rings. The fourth-order valence-electron chi connectivity index (χ4n) is 1.74. The summed E-state index contributed by atoms with van der Waals surface area (Å²) in [4.78, 5) is 0. The summed E-state index contributed by atoms with van der Waals surface area (Å²) in [5, 5.41) is 8.76. The predicted octanol–water partition coefficient (Wildman–Crippen LogP) is 1.33. The smallest absolute Gasteiger partial charge is 0.0663 e. The van der Waals surface area contributed by atoms with E-state index in [1.807, 2.05) is 0 Å². The normalized spacial score (nSPS) is 35.3. The van der Waals surface area contributed by atoms with Gasteiger partial charge < -0.3 is 4.74 Å². The van der Waals surface area contributed by atoms with E-state index >= 15 is 0 Å². The van der Waals surface area contributed by atoms with Crippen LogP contribution < -0.4 is 0 Å². The molecule has 1 aliphatic heterocycles. The molecule has 0 amide bonds. The van der Waals surface area contributed by atoms with E-state index in [1.54, 1.807) is 0 Å². The molecule has 1 aliphatic carbocycles. The molecule has 1 atom stereocenters. The summed E-state index contributed by atoms with van der Waals surface area (Å²) in [5.41, 5.74) is 0.312. The number of nitriles is 1. The third-order valence-electron chi connectivity index (χ3n) is 2.73. The highest BCUT2D eigenvalue weighted by Gasteiger charge is 2.51. The van der Waals surface area contributed by atoms with Crippen LogP contribution in [0.4, 0.5) is 0 Å². The second-order valence-corrected chi connectivity index (χ2v) is 3.39. The van der Waals surface area contributed by atoms with E-state index in [1.165, 1.54) is 12.8 Å². The molecule has 1 saturated heterocycles. The van der Waals surface area contributed by atoms with Gasteiger partial charge >= 0.3 is 0 Å². The number of rotatable bonds is 0. The van der Waals surface area contributed by atoms with E-state index in [4.69, 9.17) is 10.00 Å². The van der Waals surface area contributed by atoms with Crippen molar-refractivity contribution in [1.29, 1.82) is 5.26 Å². The Balaban J connectivity index is 2.09. The molecule has 2 heteroatoms. The maximum Gasteiger partial charge on any atom is 0.0663 e. The van der Waals surface area contributed by atoms with Gasteiger partial charge in [0.25, 0.3) is 0 Å². The Morgan fingerprint density at radius 2 is 2.30 bits per heavy atom. The second kappa shape index (κ2) is 1.96. The minimum absolute atomic E-state index is 0.293. The third-order valence-corrected chi connectivity index (χ3v) is 2.73. The van der Waals surface area contributed by atoms with E-state index < -0.39 is 0 Å². The second-order valence-electron chi connectivity index (χ2n) is 3.39. The van der Waals surface area contributed by atoms with Gasteiger partial charge in [-0.15, -0.1) is 0 Å². The number of hydrogen-bond acceptors (Lipinski definition) is 2. The quantitative estimate of drug-likeness (QED) is 0.504. The largest absolute Gasteiger partial charge is 0.381 e. The van der Waals surface area contributed by atoms with Crippen molar-refractivity contribution in [1.82, 2.24) is 0 Å². The van der Waals surface area contributed by atoms with Crippen LogP contribution in [-0.4, -0.2) is 13.2 Å². The lowest BCUT2D eigenvalue weighted by Crippen LogP contribution is -2.27. The van der Waals surface area contributed by atoms with Crippen molar-refractivity contribution in [2.75, 3.05) is 13.2 Å². The van der Waals surface area contributed by atoms with Crippen LogP contribution in [0.5, 0.6) is 0 Å². The minimum Gasteiger partial charge on any atom is -0.381 e. The first-order valence-corrected chi connectivity index (χ1v) is 3.85. The Kier molecular flexibility index (Phi) is 1.21. The van der Waals surface area contributed by atoms with Crippen LogP contribution >= 0.6 is 0 Å². The molecule has 1 unspecified atom stereocenters. The fraction of sp³-hybridized carbons (Fsp3) is 0.875. The van der Waals surface area contributed by atoms with Crippen LogP contribution in [0, 0.1) is 22.7 Å². The molecule has 0 aromatic carbocycles. The highest BCUT2D eigenvalue weighted by molar-refractivity contribution is 5.07. The molecule has 10 heavy (non-hydrogen) atoms. The van der Waals surface area contributed by atoms with Crippen molar-refractivity contribution >= 4 is 0 Å². The van der Waals surface area contributed by atoms with Crippen LogP contribution in [-0.2, 0) is 4.74 Å². The molecule has 2 rings (SSSR count). The average molecular weight is 137 g/mol. The summed E-state index contributed by atoms with van der Waals surface area (Å²) in [5.74, 6) is 0.293. The lowest BCUT2D eigenvalue weighted by molar-refractivity contribution is 0.0208. The van der Waals surface area contributed by atoms with Crippen LogP contribution in [0.1, 0.15) is 19.3 Å². The molecule has 1 heterocycles. The molecule has 1 spiro atoms. The fourth-order valence-corrected chi connectivity index (χ4v) is 1.74. The Hall–Kier alpha value is -0.550. The maximum absolute atomic E-state index is 8.76. The van der Waals surface area contributed by atoms with Crippen LogP contribution in [0.3, 0.4) is 0 Å². The molecule has 0 aromatic heterocycles. The van der Waals surface area contributed by atoms with E-state index in [2.05, 4.69) is 6.07 Å². The highest BCUT2D eigenvalue weighted by Crippen LogP contribution is 2.54. The van der Waals surface area contributed by atoms with E-state index in [-0.39, 0.29) is 0 Å². The summed E-state index contributed by atoms with van der Waals surface area (Å²) >= 11 is 0. The summed E-state index contributed by atoms with van der Waals surface area (Å²) < 4.78 is 5.33. The Labute approximate surface area is 60.8 Å². The number of ether oxygens (including phenoxy) is 1. The van der Waals surface area contributed by atoms with Crippen molar-refractivity contribution in [3.05, 3.63) is 0 Å². The van der Waals surface area contributed by atoms with E-state index in [0.29, 0.717) is 11.3 Å². The molecule has 1 saturated carbocycles. The molecule has 0 bridgehead atoms. The molecular formula is C8H11NO. The number of hydrogen-bond donors (Lipinski definition) is 0. The van der Waals surface area contributed by atoms with Gasteiger partial charge in [0, 0.05) is 12.0 Å². The van der Waals surface area contributed by atoms with Gasteiger partial charge in [0.15, 0.2) is 0 Å². The van der Waals surface area contributed by atoms with Gasteiger partial charge in [0.2, 0.25) is 0 Å². The summed E-state index contributed by atoms with van der Waals surface area (Å²) in [6, 6.07) is 2.38. The SMILES string of the molecule is N#CC1CCOCC12CC2. The topological polar surface area (TPSA) is 33.0 Å². The van der Waals surface area contributed by atoms with E-state index in [0.717, 1.165) is 19.6 Å². The Bertz CT molecular complexity index is 178. The highest BCUT2D eigenvalue weighted by atomic mass is 16.5. The Morgan fingerprint density at radius 1 is 1.50 bits per heavy atom. The Morgan fingerprint density at radius 3 is 2.80 bits per heavy atom. The first kappa shape index (κ1) is 6.18. The van der Waals surface area contributed by atoms with Crippen molar-refractivity contribution in [2.24, 2.45) is 11.3 Å². The van der Waals surface area contributed by atoms with Gasteiger partial charge in [0.1, 0.15) is 0 Å². The van der Waals surface area contributed by atoms with Gasteiger partial charge in [-0.25, -0.2) is 0 Å². The average Bonchev–Trinajstić information content (AvgIpc) is 2.71. The summed E-state index contributed by atoms with van der Waals surface area (Å²) in [6.45, 7) is 1.63. The molecule has 0 radical (unpaired) electrons. The van der Waals surface area contributed by atoms with Crippen LogP contribution in [0.15, 0.2) is 0 Å². The maximum atomic E-state index is 8.76. The molecule has 2 nitrogen and oxygen atoms in total. The van der Waals surface area contributed by atoms with Gasteiger partial charge in [-0.05, 0) is 19.3 Å². The van der Waals surface area contributed by atoms with Crippen molar-refractivity contribution in [3.63, 3.8) is 0 Å². The monoisotopic (exact) mass is 137 g/mol. The standard InChI is InChI=1S/C8H11NO/c9-5-7-1-4-10-6-8(7)2-3-8/h7H,1-4,6H2. The molecule has 0 aromatic rings. The van der Waals surface area contributed by atoms with E-state index in [9.17, 15) is 0 Å². The summed E-state index contributed by atoms with van der Waals surface area (Å²) in [6.07, 6.45) is 3.38. The van der Waals surface area contributed by atoms with Crippen molar-refractivity contribution < 1.29 is 4.74 Å². The van der Waals surface area contributed by atoms with Crippen molar-refractivity contribution in [3.8, 4) is 6.07 Å². The lowest BCUT2D eigenvalue weighted by atomic mass is 9.87. The van der Waals surface area contributed by atoms with Gasteiger partial charge in [0.05, 0.1) is 18.6 Å². The first-order chi connectivity index (χ1) is 4.87.